The van der Waals surface area contributed by atoms with Crippen LogP contribution >= 0.6 is 0 Å². The van der Waals surface area contributed by atoms with Gasteiger partial charge in [0.15, 0.2) is 0 Å². The minimum absolute atomic E-state index is 0.115. The van der Waals surface area contributed by atoms with Gasteiger partial charge in [-0.15, -0.1) is 0 Å². The van der Waals surface area contributed by atoms with Gasteiger partial charge in [0.2, 0.25) is 0 Å². The highest BCUT2D eigenvalue weighted by Gasteiger charge is 2.03. The van der Waals surface area contributed by atoms with Gasteiger partial charge >= 0.3 is 0 Å². The Kier molecular flexibility index (Phi) is 4.08. The second kappa shape index (κ2) is 5.96. The van der Waals surface area contributed by atoms with Crippen molar-refractivity contribution in [3.8, 4) is 0 Å². The lowest BCUT2D eigenvalue weighted by molar-refractivity contribution is -0.384. The maximum Gasteiger partial charge on any atom is 0.270 e. The fraction of sp³-hybridized carbons (Fsp3) is 0.125. The first kappa shape index (κ1) is 13.0. The lowest BCUT2D eigenvalue weighted by atomic mass is 10.1. The zero-order valence-electron chi connectivity index (χ0n) is 10.7. The van der Waals surface area contributed by atoms with Crippen molar-refractivity contribution in [2.24, 2.45) is 0 Å². The Morgan fingerprint density at radius 1 is 1.05 bits per heavy atom. The minimum atomic E-state index is -0.380. The van der Waals surface area contributed by atoms with Crippen LogP contribution in [-0.2, 0) is 6.42 Å². The van der Waals surface area contributed by atoms with E-state index in [1.165, 1.54) is 11.6 Å². The lowest BCUT2D eigenvalue weighted by Crippen LogP contribution is -1.87. The zero-order chi connectivity index (χ0) is 13.7. The summed E-state index contributed by atoms with van der Waals surface area (Å²) in [6.07, 6.45) is 4.86. The van der Waals surface area contributed by atoms with Crippen LogP contribution < -0.4 is 0 Å². The maximum atomic E-state index is 10.7. The highest BCUT2D eigenvalue weighted by Crippen LogP contribution is 2.16. The first-order valence-electron chi connectivity index (χ1n) is 6.20. The number of hydrogen-bond donors (Lipinski definition) is 0. The van der Waals surface area contributed by atoms with Crippen LogP contribution in [0, 0.1) is 10.1 Å². The summed E-state index contributed by atoms with van der Waals surface area (Å²) in [6.45, 7) is 2.11. The molecule has 2 aromatic carbocycles. The van der Waals surface area contributed by atoms with E-state index in [-0.39, 0.29) is 10.6 Å². The molecule has 0 saturated carbocycles. The lowest BCUT2D eigenvalue weighted by Gasteiger charge is -1.98. The topological polar surface area (TPSA) is 43.1 Å². The Labute approximate surface area is 112 Å². The van der Waals surface area contributed by atoms with Crippen molar-refractivity contribution in [1.82, 2.24) is 0 Å². The Bertz CT molecular complexity index is 618. The highest BCUT2D eigenvalue weighted by molar-refractivity contribution is 5.70. The molecular weight excluding hydrogens is 238 g/mol. The van der Waals surface area contributed by atoms with Gasteiger partial charge in [0.05, 0.1) is 4.92 Å². The van der Waals surface area contributed by atoms with E-state index >= 15 is 0 Å². The molecule has 0 aliphatic heterocycles. The number of hydrogen-bond acceptors (Lipinski definition) is 2. The summed E-state index contributed by atoms with van der Waals surface area (Å²) in [6, 6.07) is 14.9. The van der Waals surface area contributed by atoms with Gasteiger partial charge in [-0.05, 0) is 23.1 Å². The van der Waals surface area contributed by atoms with Crippen molar-refractivity contribution < 1.29 is 4.92 Å². The standard InChI is InChI=1S/C16H15NO2/c1-2-13-5-3-6-14(11-13)9-10-15-7-4-8-16(12-15)17(18)19/h3-12H,2H2,1H3/b10-9+. The summed E-state index contributed by atoms with van der Waals surface area (Å²) in [5, 5.41) is 10.7. The molecule has 0 aliphatic rings. The monoisotopic (exact) mass is 253 g/mol. The third-order valence-electron chi connectivity index (χ3n) is 2.91. The summed E-state index contributed by atoms with van der Waals surface area (Å²) in [5.41, 5.74) is 3.33. The molecule has 3 nitrogen and oxygen atoms in total. The van der Waals surface area contributed by atoms with Crippen molar-refractivity contribution in [1.29, 1.82) is 0 Å². The smallest absolute Gasteiger partial charge is 0.258 e. The molecule has 2 rings (SSSR count). The predicted octanol–water partition coefficient (Wildman–Crippen LogP) is 4.33. The van der Waals surface area contributed by atoms with Crippen molar-refractivity contribution in [2.45, 2.75) is 13.3 Å². The second-order valence-corrected chi connectivity index (χ2v) is 4.28. The normalized spacial score (nSPS) is 10.8. The fourth-order valence-electron chi connectivity index (χ4n) is 1.85. The number of nitro benzene ring substituents is 1. The van der Waals surface area contributed by atoms with Crippen molar-refractivity contribution in [3.05, 3.63) is 75.3 Å². The molecule has 3 heteroatoms. The number of benzene rings is 2. The molecule has 0 heterocycles. The van der Waals surface area contributed by atoms with Gasteiger partial charge in [0.1, 0.15) is 0 Å². The average molecular weight is 253 g/mol. The van der Waals surface area contributed by atoms with Crippen LogP contribution in [0.1, 0.15) is 23.6 Å². The summed E-state index contributed by atoms with van der Waals surface area (Å²) < 4.78 is 0. The van der Waals surface area contributed by atoms with E-state index in [1.54, 1.807) is 12.1 Å². The van der Waals surface area contributed by atoms with E-state index < -0.39 is 0 Å². The van der Waals surface area contributed by atoms with Crippen LogP contribution in [-0.4, -0.2) is 4.92 Å². The quantitative estimate of drug-likeness (QED) is 0.462. The van der Waals surface area contributed by atoms with Gasteiger partial charge < -0.3 is 0 Å². The van der Waals surface area contributed by atoms with Gasteiger partial charge in [-0.1, -0.05) is 55.5 Å². The summed E-state index contributed by atoms with van der Waals surface area (Å²) in [5.74, 6) is 0. The summed E-state index contributed by atoms with van der Waals surface area (Å²) >= 11 is 0. The van der Waals surface area contributed by atoms with Crippen molar-refractivity contribution >= 4 is 17.8 Å². The number of rotatable bonds is 4. The zero-order valence-corrected chi connectivity index (χ0v) is 10.7. The van der Waals surface area contributed by atoms with Gasteiger partial charge in [-0.2, -0.15) is 0 Å². The van der Waals surface area contributed by atoms with Crippen LogP contribution in [0.25, 0.3) is 12.2 Å². The van der Waals surface area contributed by atoms with E-state index in [1.807, 2.05) is 30.4 Å². The third-order valence-corrected chi connectivity index (χ3v) is 2.91. The van der Waals surface area contributed by atoms with Crippen molar-refractivity contribution in [2.75, 3.05) is 0 Å². The van der Waals surface area contributed by atoms with Crippen LogP contribution in [0.2, 0.25) is 0 Å². The van der Waals surface area contributed by atoms with Crippen LogP contribution in [0.3, 0.4) is 0 Å². The van der Waals surface area contributed by atoms with E-state index in [9.17, 15) is 10.1 Å². The molecule has 0 radical (unpaired) electrons. The second-order valence-electron chi connectivity index (χ2n) is 4.28. The van der Waals surface area contributed by atoms with E-state index in [0.717, 1.165) is 17.5 Å². The first-order valence-corrected chi connectivity index (χ1v) is 6.20. The number of non-ortho nitro benzene ring substituents is 1. The summed E-state index contributed by atoms with van der Waals surface area (Å²) in [4.78, 5) is 10.3. The Morgan fingerprint density at radius 3 is 2.32 bits per heavy atom. The molecule has 0 spiro atoms. The summed E-state index contributed by atoms with van der Waals surface area (Å²) in [7, 11) is 0. The molecule has 0 aliphatic carbocycles. The molecular formula is C16H15NO2. The predicted molar refractivity (Wildman–Crippen MR) is 77.8 cm³/mol. The number of nitrogens with zero attached hydrogens (tertiary/aromatic N) is 1. The van der Waals surface area contributed by atoms with Gasteiger partial charge in [0.25, 0.3) is 5.69 Å². The Hall–Kier alpha value is -2.42. The molecule has 0 saturated heterocycles. The van der Waals surface area contributed by atoms with Gasteiger partial charge in [-0.25, -0.2) is 0 Å². The van der Waals surface area contributed by atoms with Crippen LogP contribution in [0.15, 0.2) is 48.5 Å². The van der Waals surface area contributed by atoms with Crippen molar-refractivity contribution in [3.63, 3.8) is 0 Å². The van der Waals surface area contributed by atoms with E-state index in [4.69, 9.17) is 0 Å². The minimum Gasteiger partial charge on any atom is -0.258 e. The third kappa shape index (κ3) is 3.52. The van der Waals surface area contributed by atoms with Gasteiger partial charge in [-0.3, -0.25) is 10.1 Å². The molecule has 0 N–H and O–H groups in total. The van der Waals surface area contributed by atoms with E-state index in [2.05, 4.69) is 19.1 Å². The SMILES string of the molecule is CCc1cccc(/C=C/c2cccc([N+](=O)[O-])c2)c1. The van der Waals surface area contributed by atoms with Gasteiger partial charge in [0, 0.05) is 12.1 Å². The molecule has 0 aromatic heterocycles. The Balaban J connectivity index is 2.22. The highest BCUT2D eigenvalue weighted by atomic mass is 16.6. The molecule has 0 unspecified atom stereocenters. The largest absolute Gasteiger partial charge is 0.270 e. The molecule has 2 aromatic rings. The molecule has 19 heavy (non-hydrogen) atoms. The molecule has 0 fully saturated rings. The average Bonchev–Trinajstić information content (AvgIpc) is 2.45. The fourth-order valence-corrected chi connectivity index (χ4v) is 1.85. The first-order chi connectivity index (χ1) is 9.19. The molecule has 0 amide bonds. The van der Waals surface area contributed by atoms with E-state index in [0.29, 0.717) is 0 Å². The molecule has 0 atom stereocenters. The Morgan fingerprint density at radius 2 is 1.68 bits per heavy atom. The number of aryl methyl sites for hydroxylation is 1. The molecule has 0 bridgehead atoms. The molecule has 96 valence electrons. The van der Waals surface area contributed by atoms with Crippen LogP contribution in [0.4, 0.5) is 5.69 Å². The number of nitro groups is 1. The maximum absolute atomic E-state index is 10.7. The van der Waals surface area contributed by atoms with Crippen LogP contribution in [0.5, 0.6) is 0 Å².